The number of nitrogens with one attached hydrogen (secondary N) is 1. The zero-order chi connectivity index (χ0) is 14.2. The van der Waals surface area contributed by atoms with Crippen LogP contribution in [0.4, 0.5) is 0 Å². The molecule has 8 heteroatoms. The molecule has 0 rings (SSSR count). The average Bonchev–Trinajstić information content (AvgIpc) is 1.98. The van der Waals surface area contributed by atoms with Crippen molar-refractivity contribution in [1.29, 1.82) is 5.41 Å². The van der Waals surface area contributed by atoms with Gasteiger partial charge in [0.1, 0.15) is 6.54 Å². The first kappa shape index (κ1) is 17.6. The van der Waals surface area contributed by atoms with E-state index in [0.717, 1.165) is 4.90 Å². The van der Waals surface area contributed by atoms with Crippen molar-refractivity contribution in [2.75, 3.05) is 13.6 Å². The fourth-order valence-electron chi connectivity index (χ4n) is 0.658. The van der Waals surface area contributed by atoms with Crippen LogP contribution in [0.2, 0.25) is 0 Å². The first-order chi connectivity index (χ1) is 7.45. The van der Waals surface area contributed by atoms with E-state index >= 15 is 0 Å². The van der Waals surface area contributed by atoms with E-state index < -0.39 is 17.5 Å². The molecule has 17 heavy (non-hydrogen) atoms. The van der Waals surface area contributed by atoms with E-state index in [4.69, 9.17) is 26.5 Å². The number of likely N-dealkylation sites (N-methyl/N-ethyl adjacent to an activating group) is 1. The predicted molar refractivity (Wildman–Crippen MR) is 60.7 cm³/mol. The van der Waals surface area contributed by atoms with Gasteiger partial charge in [-0.05, 0) is 13.8 Å². The summed E-state index contributed by atoms with van der Waals surface area (Å²) < 4.78 is 0. The summed E-state index contributed by atoms with van der Waals surface area (Å²) in [5, 5.41) is 31.8. The Bertz CT molecular complexity index is 285. The fourth-order valence-corrected chi connectivity index (χ4v) is 0.658. The molecule has 0 aliphatic rings. The molecule has 0 aliphatic heterocycles. The van der Waals surface area contributed by atoms with Crippen molar-refractivity contribution in [3.63, 3.8) is 0 Å². The first-order valence-corrected chi connectivity index (χ1v) is 4.67. The minimum Gasteiger partial charge on any atom is -0.481 e. The quantitative estimate of drug-likeness (QED) is 0.321. The molecule has 8 nitrogen and oxygen atoms in total. The third kappa shape index (κ3) is 16.8. The molecule has 100 valence electrons. The molecular weight excluding hydrogens is 230 g/mol. The number of hydrogen-bond donors (Lipinski definition) is 5. The molecule has 0 aromatic rings. The summed E-state index contributed by atoms with van der Waals surface area (Å²) >= 11 is 0. The van der Waals surface area contributed by atoms with Crippen LogP contribution in [-0.2, 0) is 9.59 Å². The predicted octanol–water partition coefficient (Wildman–Crippen LogP) is -0.872. The second kappa shape index (κ2) is 7.44. The summed E-state index contributed by atoms with van der Waals surface area (Å²) in [4.78, 5) is 20.9. The Labute approximate surface area is 99.2 Å². The minimum atomic E-state index is -1.08. The second-order valence-corrected chi connectivity index (χ2v) is 4.02. The molecule has 0 heterocycles. The molecule has 0 saturated carbocycles. The fraction of sp³-hybridized carbons (Fsp3) is 0.667. The summed E-state index contributed by atoms with van der Waals surface area (Å²) in [5.74, 6) is -2.21. The smallest absolute Gasteiger partial charge is 0.323 e. The summed E-state index contributed by atoms with van der Waals surface area (Å²) in [6.45, 7) is 2.69. The number of aliphatic carboxylic acids is 2. The monoisotopic (exact) mass is 249 g/mol. The maximum Gasteiger partial charge on any atom is 0.323 e. The number of hydrogen-bond acceptors (Lipinski definition) is 4. The van der Waals surface area contributed by atoms with Crippen LogP contribution < -0.4 is 5.73 Å². The molecule has 0 atom stereocenters. The third-order valence-corrected chi connectivity index (χ3v) is 1.37. The lowest BCUT2D eigenvalue weighted by Gasteiger charge is -2.12. The van der Waals surface area contributed by atoms with Crippen molar-refractivity contribution in [3.8, 4) is 0 Å². The Balaban J connectivity index is 0. The molecule has 0 aromatic heterocycles. The minimum absolute atomic E-state index is 0.201. The van der Waals surface area contributed by atoms with Gasteiger partial charge in [0.05, 0.1) is 12.0 Å². The highest BCUT2D eigenvalue weighted by Crippen LogP contribution is 2.05. The Morgan fingerprint density at radius 3 is 1.76 bits per heavy atom. The van der Waals surface area contributed by atoms with E-state index in [1.807, 2.05) is 0 Å². The van der Waals surface area contributed by atoms with Crippen molar-refractivity contribution in [3.05, 3.63) is 0 Å². The van der Waals surface area contributed by atoms with Crippen molar-refractivity contribution < 1.29 is 24.9 Å². The van der Waals surface area contributed by atoms with Gasteiger partial charge in [-0.25, -0.2) is 0 Å². The zero-order valence-corrected chi connectivity index (χ0v) is 10.1. The summed E-state index contributed by atoms with van der Waals surface area (Å²) in [6.07, 6.45) is -0.201. The van der Waals surface area contributed by atoms with Gasteiger partial charge < -0.3 is 26.0 Å². The lowest BCUT2D eigenvalue weighted by molar-refractivity contribution is -0.141. The molecule has 0 aromatic carbocycles. The van der Waals surface area contributed by atoms with Crippen LogP contribution in [0.15, 0.2) is 0 Å². The molecular formula is C9H19N3O5. The van der Waals surface area contributed by atoms with Crippen molar-refractivity contribution in [2.24, 2.45) is 5.73 Å². The van der Waals surface area contributed by atoms with E-state index in [-0.39, 0.29) is 18.9 Å². The van der Waals surface area contributed by atoms with Gasteiger partial charge in [0, 0.05) is 7.05 Å². The SMILES string of the molecule is CC(C)(O)CC(=O)O.CN(CC(=O)O)C(=N)N. The maximum atomic E-state index is 9.92. The molecule has 0 fully saturated rings. The number of nitrogens with zero attached hydrogens (tertiary/aromatic N) is 1. The van der Waals surface area contributed by atoms with Crippen LogP contribution >= 0.6 is 0 Å². The second-order valence-electron chi connectivity index (χ2n) is 4.02. The average molecular weight is 249 g/mol. The number of guanidine groups is 1. The number of carbonyl (C=O) groups is 2. The maximum absolute atomic E-state index is 9.92. The van der Waals surface area contributed by atoms with Gasteiger partial charge in [-0.3, -0.25) is 15.0 Å². The summed E-state index contributed by atoms with van der Waals surface area (Å²) in [6, 6.07) is 0. The molecule has 0 unspecified atom stereocenters. The van der Waals surface area contributed by atoms with Gasteiger partial charge in [-0.15, -0.1) is 0 Å². The van der Waals surface area contributed by atoms with Crippen LogP contribution in [0.5, 0.6) is 0 Å². The van der Waals surface area contributed by atoms with Gasteiger partial charge in [0.2, 0.25) is 0 Å². The van der Waals surface area contributed by atoms with E-state index in [1.165, 1.54) is 20.9 Å². The van der Waals surface area contributed by atoms with Gasteiger partial charge in [0.25, 0.3) is 0 Å². The number of carboxylic acid groups (broad SMARTS) is 2. The van der Waals surface area contributed by atoms with Gasteiger partial charge in [-0.1, -0.05) is 0 Å². The third-order valence-electron chi connectivity index (χ3n) is 1.37. The lowest BCUT2D eigenvalue weighted by atomic mass is 10.1. The highest BCUT2D eigenvalue weighted by molar-refractivity contribution is 5.79. The molecule has 0 bridgehead atoms. The number of nitrogens with two attached hydrogens (primary N) is 1. The molecule has 6 N–H and O–H groups in total. The largest absolute Gasteiger partial charge is 0.481 e. The Morgan fingerprint density at radius 2 is 1.71 bits per heavy atom. The lowest BCUT2D eigenvalue weighted by Crippen LogP contribution is -2.36. The van der Waals surface area contributed by atoms with Gasteiger partial charge in [-0.2, -0.15) is 0 Å². The number of rotatable bonds is 4. The Hall–Kier alpha value is -1.83. The Morgan fingerprint density at radius 1 is 1.29 bits per heavy atom. The van der Waals surface area contributed by atoms with Crippen molar-refractivity contribution in [1.82, 2.24) is 4.90 Å². The number of carboxylic acids is 2. The molecule has 0 amide bonds. The van der Waals surface area contributed by atoms with Crippen LogP contribution in [-0.4, -0.2) is 57.3 Å². The van der Waals surface area contributed by atoms with Crippen LogP contribution in [0, 0.1) is 5.41 Å². The summed E-state index contributed by atoms with van der Waals surface area (Å²) in [5.41, 5.74) is 3.85. The highest BCUT2D eigenvalue weighted by Gasteiger charge is 2.16. The van der Waals surface area contributed by atoms with E-state index in [0.29, 0.717) is 0 Å². The first-order valence-electron chi connectivity index (χ1n) is 4.67. The van der Waals surface area contributed by atoms with Crippen molar-refractivity contribution in [2.45, 2.75) is 25.9 Å². The number of aliphatic hydroxyl groups is 1. The van der Waals surface area contributed by atoms with Crippen LogP contribution in [0.1, 0.15) is 20.3 Å². The normalized spacial score (nSPS) is 9.88. The Kier molecular flexibility index (Phi) is 7.69. The van der Waals surface area contributed by atoms with Gasteiger partial charge >= 0.3 is 11.9 Å². The van der Waals surface area contributed by atoms with Crippen molar-refractivity contribution >= 4 is 17.9 Å². The zero-order valence-electron chi connectivity index (χ0n) is 10.1. The van der Waals surface area contributed by atoms with E-state index in [9.17, 15) is 9.59 Å². The summed E-state index contributed by atoms with van der Waals surface area (Å²) in [7, 11) is 1.44. The highest BCUT2D eigenvalue weighted by atomic mass is 16.4. The van der Waals surface area contributed by atoms with E-state index in [2.05, 4.69) is 0 Å². The topological polar surface area (TPSA) is 148 Å². The van der Waals surface area contributed by atoms with Crippen LogP contribution in [0.25, 0.3) is 0 Å². The molecule has 0 aliphatic carbocycles. The van der Waals surface area contributed by atoms with Gasteiger partial charge in [0.15, 0.2) is 5.96 Å². The molecule has 0 radical (unpaired) electrons. The molecule has 0 spiro atoms. The molecule has 0 saturated heterocycles. The van der Waals surface area contributed by atoms with E-state index in [1.54, 1.807) is 0 Å². The van der Waals surface area contributed by atoms with Crippen LogP contribution in [0.3, 0.4) is 0 Å². The standard InChI is InChI=1S/C5H10O3.C4H9N3O2/c1-5(2,8)3-4(6)7;1-7(4(5)6)2-3(8)9/h8H,3H2,1-2H3,(H,6,7);2H2,1H3,(H3,5,6)(H,8,9).